The molecule has 27 heavy (non-hydrogen) atoms. The van der Waals surface area contributed by atoms with Gasteiger partial charge in [0.25, 0.3) is 5.91 Å². The number of carbonyl (C=O) groups excluding carboxylic acids is 2. The smallest absolute Gasteiger partial charge is 0.322 e. The maximum Gasteiger partial charge on any atom is 0.322 e. The molecular formula is C20H20N4O3. The zero-order valence-electron chi connectivity index (χ0n) is 14.9. The second kappa shape index (κ2) is 8.75. The highest BCUT2D eigenvalue weighted by atomic mass is 16.4. The van der Waals surface area contributed by atoms with E-state index in [0.29, 0.717) is 23.6 Å². The summed E-state index contributed by atoms with van der Waals surface area (Å²) in [5, 5.41) is 13.1. The van der Waals surface area contributed by atoms with Gasteiger partial charge in [0.15, 0.2) is 0 Å². The molecular weight excluding hydrogens is 344 g/mol. The first-order valence-corrected chi connectivity index (χ1v) is 8.76. The molecule has 0 saturated heterocycles. The predicted octanol–water partition coefficient (Wildman–Crippen LogP) is 4.12. The summed E-state index contributed by atoms with van der Waals surface area (Å²) in [4.78, 5) is 24.3. The second-order valence-electron chi connectivity index (χ2n) is 5.97. The standard InChI is InChI=1S/C20H20N4O3/c1-2-3-12-17(25)21-16-11-7-10-15(13-16)18(26)22-20-24-23-19(27-20)14-8-5-4-6-9-14/h4-11,13H,2-3,12H2,1H3,(H,21,25)(H,22,24,26). The van der Waals surface area contributed by atoms with Crippen LogP contribution in [0.4, 0.5) is 11.7 Å². The molecule has 0 aliphatic heterocycles. The molecule has 2 amide bonds. The van der Waals surface area contributed by atoms with Crippen LogP contribution in [0.25, 0.3) is 11.5 Å². The summed E-state index contributed by atoms with van der Waals surface area (Å²) >= 11 is 0. The number of amides is 2. The van der Waals surface area contributed by atoms with Crippen LogP contribution in [0.1, 0.15) is 36.5 Å². The molecule has 0 fully saturated rings. The molecule has 138 valence electrons. The van der Waals surface area contributed by atoms with Gasteiger partial charge in [-0.15, -0.1) is 5.10 Å². The molecule has 0 aliphatic carbocycles. The summed E-state index contributed by atoms with van der Waals surface area (Å²) in [6.07, 6.45) is 2.23. The summed E-state index contributed by atoms with van der Waals surface area (Å²) in [5.74, 6) is -0.149. The molecule has 0 atom stereocenters. The molecule has 3 aromatic rings. The summed E-state index contributed by atoms with van der Waals surface area (Å²) in [5.41, 5.74) is 1.71. The minimum Gasteiger partial charge on any atom is -0.403 e. The average molecular weight is 364 g/mol. The molecule has 0 bridgehead atoms. The Bertz CT molecular complexity index is 922. The number of hydrogen-bond donors (Lipinski definition) is 2. The largest absolute Gasteiger partial charge is 0.403 e. The van der Waals surface area contributed by atoms with Gasteiger partial charge in [0.05, 0.1) is 0 Å². The molecule has 0 unspecified atom stereocenters. The van der Waals surface area contributed by atoms with E-state index in [1.54, 1.807) is 24.3 Å². The molecule has 1 heterocycles. The van der Waals surface area contributed by atoms with E-state index >= 15 is 0 Å². The van der Waals surface area contributed by atoms with Crippen molar-refractivity contribution in [3.05, 3.63) is 60.2 Å². The Balaban J connectivity index is 1.65. The second-order valence-corrected chi connectivity index (χ2v) is 5.97. The monoisotopic (exact) mass is 364 g/mol. The number of nitrogens with one attached hydrogen (secondary N) is 2. The van der Waals surface area contributed by atoms with Crippen LogP contribution in [0.2, 0.25) is 0 Å². The van der Waals surface area contributed by atoms with Crippen LogP contribution >= 0.6 is 0 Å². The zero-order chi connectivity index (χ0) is 19.1. The summed E-state index contributed by atoms with van der Waals surface area (Å²) in [6, 6.07) is 16.0. The lowest BCUT2D eigenvalue weighted by Crippen LogP contribution is -2.14. The highest BCUT2D eigenvalue weighted by Gasteiger charge is 2.13. The maximum absolute atomic E-state index is 12.4. The fraction of sp³-hybridized carbons (Fsp3) is 0.200. The van der Waals surface area contributed by atoms with E-state index in [0.717, 1.165) is 18.4 Å². The van der Waals surface area contributed by atoms with Gasteiger partial charge in [-0.05, 0) is 36.8 Å². The number of rotatable bonds is 7. The Kier molecular flexibility index (Phi) is 5.94. The third-order valence-electron chi connectivity index (χ3n) is 3.83. The number of unbranched alkanes of at least 4 members (excludes halogenated alkanes) is 1. The van der Waals surface area contributed by atoms with Crippen molar-refractivity contribution in [3.63, 3.8) is 0 Å². The Morgan fingerprint density at radius 2 is 1.81 bits per heavy atom. The van der Waals surface area contributed by atoms with Gasteiger partial charge in [0, 0.05) is 23.2 Å². The number of aromatic nitrogens is 2. The van der Waals surface area contributed by atoms with Crippen molar-refractivity contribution >= 4 is 23.5 Å². The van der Waals surface area contributed by atoms with Crippen molar-refractivity contribution in [1.82, 2.24) is 10.2 Å². The average Bonchev–Trinajstić information content (AvgIpc) is 3.16. The van der Waals surface area contributed by atoms with Crippen molar-refractivity contribution in [1.29, 1.82) is 0 Å². The Morgan fingerprint density at radius 1 is 1.00 bits per heavy atom. The predicted molar refractivity (Wildman–Crippen MR) is 102 cm³/mol. The lowest BCUT2D eigenvalue weighted by Gasteiger charge is -2.07. The lowest BCUT2D eigenvalue weighted by molar-refractivity contribution is -0.116. The molecule has 3 rings (SSSR count). The number of nitrogens with zero attached hydrogens (tertiary/aromatic N) is 2. The topological polar surface area (TPSA) is 97.1 Å². The molecule has 0 radical (unpaired) electrons. The third-order valence-corrected chi connectivity index (χ3v) is 3.83. The number of anilines is 2. The number of carbonyl (C=O) groups is 2. The normalized spacial score (nSPS) is 10.4. The van der Waals surface area contributed by atoms with E-state index < -0.39 is 5.91 Å². The fourth-order valence-corrected chi connectivity index (χ4v) is 2.44. The van der Waals surface area contributed by atoms with Gasteiger partial charge < -0.3 is 9.73 Å². The van der Waals surface area contributed by atoms with Crippen molar-refractivity contribution in [3.8, 4) is 11.5 Å². The molecule has 0 aliphatic rings. The zero-order valence-corrected chi connectivity index (χ0v) is 14.9. The highest BCUT2D eigenvalue weighted by molar-refractivity contribution is 6.04. The Labute approximate surface area is 156 Å². The maximum atomic E-state index is 12.4. The first kappa shape index (κ1) is 18.3. The van der Waals surface area contributed by atoms with Crippen molar-refractivity contribution in [2.45, 2.75) is 26.2 Å². The minimum absolute atomic E-state index is 0.0104. The minimum atomic E-state index is -0.400. The lowest BCUT2D eigenvalue weighted by atomic mass is 10.2. The van der Waals surface area contributed by atoms with Crippen LogP contribution in [0, 0.1) is 0 Å². The van der Waals surface area contributed by atoms with E-state index in [1.807, 2.05) is 37.3 Å². The van der Waals surface area contributed by atoms with Crippen LogP contribution in [0.5, 0.6) is 0 Å². The molecule has 7 nitrogen and oxygen atoms in total. The van der Waals surface area contributed by atoms with Gasteiger partial charge in [-0.3, -0.25) is 14.9 Å². The summed E-state index contributed by atoms with van der Waals surface area (Å²) in [6.45, 7) is 2.03. The van der Waals surface area contributed by atoms with Gasteiger partial charge in [0.2, 0.25) is 11.8 Å². The Hall–Kier alpha value is -3.48. The summed E-state index contributed by atoms with van der Waals surface area (Å²) < 4.78 is 5.48. The number of benzene rings is 2. The van der Waals surface area contributed by atoms with Crippen LogP contribution in [-0.4, -0.2) is 22.0 Å². The SMILES string of the molecule is CCCCC(=O)Nc1cccc(C(=O)Nc2nnc(-c3ccccc3)o2)c1. The summed E-state index contributed by atoms with van der Waals surface area (Å²) in [7, 11) is 0. The van der Waals surface area contributed by atoms with Gasteiger partial charge in [-0.1, -0.05) is 42.7 Å². The van der Waals surface area contributed by atoms with Crippen molar-refractivity contribution in [2.24, 2.45) is 0 Å². The van der Waals surface area contributed by atoms with Crippen LogP contribution < -0.4 is 10.6 Å². The van der Waals surface area contributed by atoms with Crippen LogP contribution in [0.15, 0.2) is 59.0 Å². The molecule has 2 aromatic carbocycles. The van der Waals surface area contributed by atoms with Gasteiger partial charge >= 0.3 is 6.01 Å². The van der Waals surface area contributed by atoms with E-state index in [9.17, 15) is 9.59 Å². The van der Waals surface area contributed by atoms with Crippen LogP contribution in [0.3, 0.4) is 0 Å². The fourth-order valence-electron chi connectivity index (χ4n) is 2.44. The van der Waals surface area contributed by atoms with E-state index in [4.69, 9.17) is 4.42 Å². The van der Waals surface area contributed by atoms with E-state index in [2.05, 4.69) is 20.8 Å². The van der Waals surface area contributed by atoms with Crippen molar-refractivity contribution < 1.29 is 14.0 Å². The molecule has 0 saturated carbocycles. The Morgan fingerprint density at radius 3 is 2.59 bits per heavy atom. The highest BCUT2D eigenvalue weighted by Crippen LogP contribution is 2.20. The van der Waals surface area contributed by atoms with E-state index in [-0.39, 0.29) is 11.9 Å². The molecule has 2 N–H and O–H groups in total. The first-order valence-electron chi connectivity index (χ1n) is 8.76. The van der Waals surface area contributed by atoms with Crippen LogP contribution in [-0.2, 0) is 4.79 Å². The molecule has 1 aromatic heterocycles. The van der Waals surface area contributed by atoms with Gasteiger partial charge in [-0.2, -0.15) is 0 Å². The first-order chi connectivity index (χ1) is 13.2. The molecule has 0 spiro atoms. The van der Waals surface area contributed by atoms with Gasteiger partial charge in [0.1, 0.15) is 0 Å². The molecule has 7 heteroatoms. The van der Waals surface area contributed by atoms with E-state index in [1.165, 1.54) is 0 Å². The number of hydrogen-bond acceptors (Lipinski definition) is 5. The third kappa shape index (κ3) is 5.01. The quantitative estimate of drug-likeness (QED) is 0.657. The van der Waals surface area contributed by atoms with Gasteiger partial charge in [-0.25, -0.2) is 0 Å². The van der Waals surface area contributed by atoms with Crippen molar-refractivity contribution in [2.75, 3.05) is 10.6 Å².